The molecular weight excluding hydrogens is 332 g/mol. The van der Waals surface area contributed by atoms with Crippen LogP contribution in [0, 0.1) is 0 Å². The largest absolute Gasteiger partial charge is 0.460 e. The molecule has 0 aliphatic carbocycles. The van der Waals surface area contributed by atoms with Crippen molar-refractivity contribution in [2.45, 2.75) is 13.0 Å². The van der Waals surface area contributed by atoms with Gasteiger partial charge in [-0.05, 0) is 24.6 Å². The van der Waals surface area contributed by atoms with Crippen molar-refractivity contribution in [1.29, 1.82) is 0 Å². The number of nitrogens with one attached hydrogen (secondary N) is 1. The summed E-state index contributed by atoms with van der Waals surface area (Å²) in [6.45, 7) is 2.32. The highest BCUT2D eigenvalue weighted by molar-refractivity contribution is 6.30. The lowest BCUT2D eigenvalue weighted by Crippen LogP contribution is -2.30. The molecule has 2 heterocycles. The number of anilines is 1. The first kappa shape index (κ1) is 16.5. The van der Waals surface area contributed by atoms with Crippen LogP contribution in [0.1, 0.15) is 18.5 Å². The predicted molar refractivity (Wildman–Crippen MR) is 88.8 cm³/mol. The third kappa shape index (κ3) is 3.13. The highest BCUT2D eigenvalue weighted by Crippen LogP contribution is 2.35. The summed E-state index contributed by atoms with van der Waals surface area (Å²) in [6.07, 6.45) is 1.44. The first-order chi connectivity index (χ1) is 11.6. The molecule has 1 aromatic carbocycles. The second-order valence-electron chi connectivity index (χ2n) is 5.28. The number of carbonyl (C=O) groups excluding carboxylic acids is 1. The second-order valence-corrected chi connectivity index (χ2v) is 5.71. The van der Waals surface area contributed by atoms with E-state index in [1.807, 2.05) is 19.1 Å². The Morgan fingerprint density at radius 1 is 1.42 bits per heavy atom. The number of hydrogen-bond donors (Lipinski definition) is 1. The minimum absolute atomic E-state index is 0.179. The molecular formula is C16H17ClN4O3. The molecule has 0 saturated carbocycles. The fourth-order valence-corrected chi connectivity index (χ4v) is 2.83. The van der Waals surface area contributed by atoms with Gasteiger partial charge in [-0.15, -0.1) is 0 Å². The quantitative estimate of drug-likeness (QED) is 0.660. The summed E-state index contributed by atoms with van der Waals surface area (Å²) in [7, 11) is 1.55. The molecule has 1 aliphatic rings. The number of methoxy groups -OCH3 is 1. The number of nitrogens with zero attached hydrogens (tertiary/aromatic N) is 3. The SMILES string of the molecule is COCCOC(=O)C1=C(C)Nc2ncnn2C1c1cccc(Cl)c1. The molecule has 2 aromatic rings. The number of carbonyl (C=O) groups is 1. The molecule has 7 nitrogen and oxygen atoms in total. The maximum Gasteiger partial charge on any atom is 0.338 e. The topological polar surface area (TPSA) is 78.3 Å². The molecule has 24 heavy (non-hydrogen) atoms. The Hall–Kier alpha value is -2.38. The third-order valence-electron chi connectivity index (χ3n) is 3.70. The van der Waals surface area contributed by atoms with Gasteiger partial charge in [-0.1, -0.05) is 23.7 Å². The Morgan fingerprint density at radius 2 is 2.25 bits per heavy atom. The summed E-state index contributed by atoms with van der Waals surface area (Å²) in [5.74, 6) is 0.133. The van der Waals surface area contributed by atoms with Crippen molar-refractivity contribution in [2.24, 2.45) is 0 Å². The molecule has 0 spiro atoms. The molecule has 8 heteroatoms. The van der Waals surface area contributed by atoms with E-state index in [1.54, 1.807) is 23.9 Å². The van der Waals surface area contributed by atoms with Gasteiger partial charge >= 0.3 is 5.97 Å². The lowest BCUT2D eigenvalue weighted by atomic mass is 9.96. The van der Waals surface area contributed by atoms with Gasteiger partial charge in [-0.3, -0.25) is 0 Å². The van der Waals surface area contributed by atoms with E-state index in [0.717, 1.165) is 5.56 Å². The maximum absolute atomic E-state index is 12.6. The summed E-state index contributed by atoms with van der Waals surface area (Å²) < 4.78 is 11.9. The van der Waals surface area contributed by atoms with Gasteiger partial charge in [0.15, 0.2) is 0 Å². The molecule has 1 aromatic heterocycles. The molecule has 1 atom stereocenters. The van der Waals surface area contributed by atoms with Crippen LogP contribution < -0.4 is 5.32 Å². The molecule has 3 rings (SSSR count). The van der Waals surface area contributed by atoms with Gasteiger partial charge in [-0.2, -0.15) is 10.1 Å². The van der Waals surface area contributed by atoms with Gasteiger partial charge in [0.25, 0.3) is 0 Å². The number of aromatic nitrogens is 3. The Labute approximate surface area is 144 Å². The highest BCUT2D eigenvalue weighted by atomic mass is 35.5. The van der Waals surface area contributed by atoms with Crippen molar-refractivity contribution < 1.29 is 14.3 Å². The second kappa shape index (κ2) is 7.02. The van der Waals surface area contributed by atoms with Gasteiger partial charge in [0.2, 0.25) is 5.95 Å². The van der Waals surface area contributed by atoms with Gasteiger partial charge in [0, 0.05) is 17.8 Å². The average Bonchev–Trinajstić information content (AvgIpc) is 3.01. The van der Waals surface area contributed by atoms with E-state index in [9.17, 15) is 4.79 Å². The van der Waals surface area contributed by atoms with E-state index < -0.39 is 12.0 Å². The Balaban J connectivity index is 2.02. The van der Waals surface area contributed by atoms with Crippen LogP contribution in [0.3, 0.4) is 0 Å². The standard InChI is InChI=1S/C16H17ClN4O3/c1-10-13(15(22)24-7-6-23-2)14(11-4-3-5-12(17)8-11)21-16(20-10)18-9-19-21/h3-5,8-9,14H,6-7H2,1-2H3,(H,18,19,20). The number of rotatable bonds is 5. The van der Waals surface area contributed by atoms with Gasteiger partial charge in [0.1, 0.15) is 19.0 Å². The number of ether oxygens (including phenoxy) is 2. The molecule has 1 N–H and O–H groups in total. The lowest BCUT2D eigenvalue weighted by Gasteiger charge is -2.28. The van der Waals surface area contributed by atoms with E-state index in [2.05, 4.69) is 15.4 Å². The predicted octanol–water partition coefficient (Wildman–Crippen LogP) is 2.41. The first-order valence-electron chi connectivity index (χ1n) is 7.40. The molecule has 0 saturated heterocycles. The molecule has 0 bridgehead atoms. The van der Waals surface area contributed by atoms with Crippen molar-refractivity contribution in [2.75, 3.05) is 25.6 Å². The van der Waals surface area contributed by atoms with Crippen LogP contribution in [0.25, 0.3) is 0 Å². The first-order valence-corrected chi connectivity index (χ1v) is 7.78. The fourth-order valence-electron chi connectivity index (χ4n) is 2.64. The monoisotopic (exact) mass is 348 g/mol. The maximum atomic E-state index is 12.6. The number of fused-ring (bicyclic) bond motifs is 1. The number of allylic oxidation sites excluding steroid dienone is 1. The van der Waals surface area contributed by atoms with Crippen LogP contribution in [0.5, 0.6) is 0 Å². The summed E-state index contributed by atoms with van der Waals surface area (Å²) in [5.41, 5.74) is 1.96. The van der Waals surface area contributed by atoms with Gasteiger partial charge < -0.3 is 14.8 Å². The van der Waals surface area contributed by atoms with E-state index in [4.69, 9.17) is 21.1 Å². The summed E-state index contributed by atoms with van der Waals surface area (Å²) in [5, 5.41) is 7.90. The van der Waals surface area contributed by atoms with Crippen LogP contribution in [0.4, 0.5) is 5.95 Å². The highest BCUT2D eigenvalue weighted by Gasteiger charge is 2.34. The van der Waals surface area contributed by atoms with Crippen molar-refractivity contribution in [3.05, 3.63) is 52.4 Å². The number of hydrogen-bond acceptors (Lipinski definition) is 6. The van der Waals surface area contributed by atoms with Crippen LogP contribution in [-0.2, 0) is 14.3 Å². The molecule has 0 radical (unpaired) electrons. The fraction of sp³-hybridized carbons (Fsp3) is 0.312. The Morgan fingerprint density at radius 3 is 3.00 bits per heavy atom. The number of esters is 1. The minimum Gasteiger partial charge on any atom is -0.460 e. The summed E-state index contributed by atoms with van der Waals surface area (Å²) in [4.78, 5) is 16.8. The zero-order valence-corrected chi connectivity index (χ0v) is 14.1. The molecule has 0 amide bonds. The summed E-state index contributed by atoms with van der Waals surface area (Å²) in [6, 6.07) is 6.85. The zero-order chi connectivity index (χ0) is 17.1. The van der Waals surface area contributed by atoms with Crippen molar-refractivity contribution in [1.82, 2.24) is 14.8 Å². The molecule has 0 fully saturated rings. The summed E-state index contributed by atoms with van der Waals surface area (Å²) >= 11 is 6.12. The van der Waals surface area contributed by atoms with Crippen LogP contribution in [0.15, 0.2) is 41.9 Å². The van der Waals surface area contributed by atoms with Crippen LogP contribution in [0.2, 0.25) is 5.02 Å². The van der Waals surface area contributed by atoms with Crippen LogP contribution >= 0.6 is 11.6 Å². The van der Waals surface area contributed by atoms with E-state index >= 15 is 0 Å². The molecule has 1 aliphatic heterocycles. The zero-order valence-electron chi connectivity index (χ0n) is 13.3. The van der Waals surface area contributed by atoms with E-state index in [1.165, 1.54) is 6.33 Å². The van der Waals surface area contributed by atoms with Gasteiger partial charge in [0.05, 0.1) is 12.2 Å². The van der Waals surface area contributed by atoms with Gasteiger partial charge in [-0.25, -0.2) is 9.48 Å². The third-order valence-corrected chi connectivity index (χ3v) is 3.93. The van der Waals surface area contributed by atoms with Crippen molar-refractivity contribution in [3.63, 3.8) is 0 Å². The van der Waals surface area contributed by atoms with E-state index in [0.29, 0.717) is 28.8 Å². The lowest BCUT2D eigenvalue weighted by molar-refractivity contribution is -0.140. The Kier molecular flexibility index (Phi) is 4.82. The minimum atomic E-state index is -0.461. The normalized spacial score (nSPS) is 16.5. The molecule has 1 unspecified atom stereocenters. The molecule has 126 valence electrons. The number of benzene rings is 1. The smallest absolute Gasteiger partial charge is 0.338 e. The van der Waals surface area contributed by atoms with Crippen molar-refractivity contribution in [3.8, 4) is 0 Å². The van der Waals surface area contributed by atoms with E-state index in [-0.39, 0.29) is 6.61 Å². The van der Waals surface area contributed by atoms with Crippen molar-refractivity contribution >= 4 is 23.5 Å². The Bertz CT molecular complexity index is 787. The number of halogens is 1. The van der Waals surface area contributed by atoms with Crippen LogP contribution in [-0.4, -0.2) is 41.1 Å². The average molecular weight is 349 g/mol.